The fourth-order valence-corrected chi connectivity index (χ4v) is 4.77. The van der Waals surface area contributed by atoms with Gasteiger partial charge in [-0.2, -0.15) is 0 Å². The topological polar surface area (TPSA) is 42.2 Å². The van der Waals surface area contributed by atoms with Crippen molar-refractivity contribution in [2.24, 2.45) is 0 Å². The van der Waals surface area contributed by atoms with E-state index in [0.717, 1.165) is 39.3 Å². The molecule has 1 heterocycles. The monoisotopic (exact) mass is 569 g/mol. The van der Waals surface area contributed by atoms with Crippen molar-refractivity contribution in [3.8, 4) is 46.6 Å². The summed E-state index contributed by atoms with van der Waals surface area (Å²) >= 11 is 0. The predicted molar refractivity (Wildman–Crippen MR) is 179 cm³/mol. The van der Waals surface area contributed by atoms with Crippen LogP contribution in [0.1, 0.15) is 37.5 Å². The SMILES string of the molecule is CC(C)(C)c1ccc(-c2nnc(-c3ccc(C#CC#Cc4ccc(N(c5ccccc5)c5ccccc5)cc4)cc3)o2)cc1. The van der Waals surface area contributed by atoms with E-state index in [9.17, 15) is 0 Å². The maximum Gasteiger partial charge on any atom is 0.248 e. The summed E-state index contributed by atoms with van der Waals surface area (Å²) in [5, 5.41) is 8.49. The Morgan fingerprint density at radius 3 is 1.36 bits per heavy atom. The van der Waals surface area contributed by atoms with Gasteiger partial charge in [0, 0.05) is 39.3 Å². The van der Waals surface area contributed by atoms with Gasteiger partial charge in [-0.3, -0.25) is 0 Å². The molecule has 0 atom stereocenters. The smallest absolute Gasteiger partial charge is 0.248 e. The van der Waals surface area contributed by atoms with Crippen molar-refractivity contribution in [3.05, 3.63) is 150 Å². The highest BCUT2D eigenvalue weighted by atomic mass is 16.4. The van der Waals surface area contributed by atoms with Crippen LogP contribution in [0.15, 0.2) is 138 Å². The Morgan fingerprint density at radius 1 is 0.500 bits per heavy atom. The second-order valence-corrected chi connectivity index (χ2v) is 11.4. The molecule has 4 heteroatoms. The molecule has 0 aliphatic heterocycles. The van der Waals surface area contributed by atoms with Gasteiger partial charge in [-0.05, 0) is 108 Å². The molecule has 4 nitrogen and oxygen atoms in total. The standard InChI is InChI=1S/C40H31N3O/c1-40(2,3)34-26-24-33(25-27-34)39-42-41-38(44-39)32-22-18-30(19-23-32)12-10-11-13-31-20-28-37(29-21-31)43(35-14-6-4-7-15-35)36-16-8-5-9-17-36/h4-9,14-29H,1-3H3. The summed E-state index contributed by atoms with van der Waals surface area (Å²) in [6.07, 6.45) is 0. The zero-order valence-corrected chi connectivity index (χ0v) is 25.0. The number of nitrogens with zero attached hydrogens (tertiary/aromatic N) is 3. The van der Waals surface area contributed by atoms with Crippen molar-refractivity contribution in [2.45, 2.75) is 26.2 Å². The normalized spacial score (nSPS) is 10.7. The minimum absolute atomic E-state index is 0.0916. The quantitative estimate of drug-likeness (QED) is 0.194. The first-order valence-corrected chi connectivity index (χ1v) is 14.5. The summed E-state index contributed by atoms with van der Waals surface area (Å²) in [7, 11) is 0. The summed E-state index contributed by atoms with van der Waals surface area (Å²) in [4.78, 5) is 2.22. The van der Waals surface area contributed by atoms with Crippen LogP contribution in [0.5, 0.6) is 0 Å². The Labute approximate surface area is 259 Å². The molecule has 0 aliphatic rings. The van der Waals surface area contributed by atoms with E-state index in [4.69, 9.17) is 4.42 Å². The fourth-order valence-electron chi connectivity index (χ4n) is 4.77. The lowest BCUT2D eigenvalue weighted by Crippen LogP contribution is -2.10. The van der Waals surface area contributed by atoms with Crippen LogP contribution in [0.4, 0.5) is 17.1 Å². The molecule has 0 bridgehead atoms. The van der Waals surface area contributed by atoms with Crippen molar-refractivity contribution in [2.75, 3.05) is 4.90 Å². The summed E-state index contributed by atoms with van der Waals surface area (Å²) in [5.74, 6) is 13.2. The lowest BCUT2D eigenvalue weighted by atomic mass is 9.87. The Hall–Kier alpha value is -5.84. The van der Waals surface area contributed by atoms with Gasteiger partial charge in [-0.1, -0.05) is 81.1 Å². The zero-order chi connectivity index (χ0) is 30.4. The summed E-state index contributed by atoms with van der Waals surface area (Å²) in [6.45, 7) is 6.58. The van der Waals surface area contributed by atoms with E-state index in [-0.39, 0.29) is 5.41 Å². The number of anilines is 3. The molecule has 0 saturated heterocycles. The first kappa shape index (κ1) is 28.3. The fraction of sp³-hybridized carbons (Fsp3) is 0.100. The maximum absolute atomic E-state index is 5.96. The maximum atomic E-state index is 5.96. The molecule has 0 spiro atoms. The molecule has 0 unspecified atom stereocenters. The molecule has 0 fully saturated rings. The van der Waals surface area contributed by atoms with Crippen LogP contribution in [-0.2, 0) is 5.41 Å². The molecular formula is C40H31N3O. The minimum Gasteiger partial charge on any atom is -0.416 e. The number of hydrogen-bond acceptors (Lipinski definition) is 4. The highest BCUT2D eigenvalue weighted by molar-refractivity contribution is 5.76. The molecule has 1 aromatic heterocycles. The molecule has 5 aromatic carbocycles. The van der Waals surface area contributed by atoms with Gasteiger partial charge in [0.05, 0.1) is 0 Å². The van der Waals surface area contributed by atoms with Gasteiger partial charge in [0.15, 0.2) is 0 Å². The van der Waals surface area contributed by atoms with Crippen LogP contribution < -0.4 is 4.90 Å². The molecule has 0 saturated carbocycles. The Bertz CT molecular complexity index is 1920. The first-order chi connectivity index (χ1) is 21.4. The molecule has 0 aliphatic carbocycles. The second-order valence-electron chi connectivity index (χ2n) is 11.4. The average molecular weight is 570 g/mol. The molecule has 0 amide bonds. The van der Waals surface area contributed by atoms with Crippen LogP contribution in [0.25, 0.3) is 22.9 Å². The van der Waals surface area contributed by atoms with E-state index in [0.29, 0.717) is 11.8 Å². The van der Waals surface area contributed by atoms with Gasteiger partial charge in [0.25, 0.3) is 0 Å². The van der Waals surface area contributed by atoms with Crippen LogP contribution in [0.3, 0.4) is 0 Å². The third-order valence-electron chi connectivity index (χ3n) is 7.19. The third kappa shape index (κ3) is 6.62. The summed E-state index contributed by atoms with van der Waals surface area (Å²) in [5.41, 5.74) is 8.11. The summed E-state index contributed by atoms with van der Waals surface area (Å²) < 4.78 is 5.96. The van der Waals surface area contributed by atoms with E-state index in [1.54, 1.807) is 0 Å². The molecule has 6 rings (SSSR count). The van der Waals surface area contributed by atoms with Gasteiger partial charge < -0.3 is 9.32 Å². The molecule has 6 aromatic rings. The van der Waals surface area contributed by atoms with Gasteiger partial charge >= 0.3 is 0 Å². The van der Waals surface area contributed by atoms with Crippen molar-refractivity contribution in [1.29, 1.82) is 0 Å². The highest BCUT2D eigenvalue weighted by Gasteiger charge is 2.15. The number of para-hydroxylation sites is 2. The lowest BCUT2D eigenvalue weighted by molar-refractivity contribution is 0.582. The van der Waals surface area contributed by atoms with E-state index >= 15 is 0 Å². The van der Waals surface area contributed by atoms with Gasteiger partial charge in [-0.15, -0.1) is 10.2 Å². The number of benzene rings is 5. The van der Waals surface area contributed by atoms with E-state index in [1.807, 2.05) is 84.9 Å². The Kier molecular flexibility index (Phi) is 8.08. The van der Waals surface area contributed by atoms with Crippen LogP contribution in [0, 0.1) is 23.7 Å². The third-order valence-corrected chi connectivity index (χ3v) is 7.19. The first-order valence-electron chi connectivity index (χ1n) is 14.5. The zero-order valence-electron chi connectivity index (χ0n) is 25.0. The number of rotatable bonds is 5. The van der Waals surface area contributed by atoms with Crippen LogP contribution >= 0.6 is 0 Å². The lowest BCUT2D eigenvalue weighted by Gasteiger charge is -2.25. The minimum atomic E-state index is 0.0916. The van der Waals surface area contributed by atoms with Crippen molar-refractivity contribution in [3.63, 3.8) is 0 Å². The van der Waals surface area contributed by atoms with Gasteiger partial charge in [-0.25, -0.2) is 0 Å². The van der Waals surface area contributed by atoms with Crippen molar-refractivity contribution in [1.82, 2.24) is 10.2 Å². The molecular weight excluding hydrogens is 538 g/mol. The van der Waals surface area contributed by atoms with Crippen molar-refractivity contribution >= 4 is 17.1 Å². The average Bonchev–Trinajstić information content (AvgIpc) is 3.56. The number of aromatic nitrogens is 2. The van der Waals surface area contributed by atoms with Crippen LogP contribution in [-0.4, -0.2) is 10.2 Å². The number of hydrogen-bond donors (Lipinski definition) is 0. The molecule has 44 heavy (non-hydrogen) atoms. The van der Waals surface area contributed by atoms with E-state index in [2.05, 4.69) is 108 Å². The molecule has 0 N–H and O–H groups in total. The largest absolute Gasteiger partial charge is 0.416 e. The predicted octanol–water partition coefficient (Wildman–Crippen LogP) is 9.57. The van der Waals surface area contributed by atoms with Crippen molar-refractivity contribution < 1.29 is 4.42 Å². The van der Waals surface area contributed by atoms with Crippen LogP contribution in [0.2, 0.25) is 0 Å². The molecule has 0 radical (unpaired) electrons. The van der Waals surface area contributed by atoms with Gasteiger partial charge in [0.2, 0.25) is 11.8 Å². The highest BCUT2D eigenvalue weighted by Crippen LogP contribution is 2.34. The Morgan fingerprint density at radius 2 is 0.909 bits per heavy atom. The second kappa shape index (κ2) is 12.6. The van der Waals surface area contributed by atoms with Gasteiger partial charge in [0.1, 0.15) is 0 Å². The summed E-state index contributed by atoms with van der Waals surface area (Å²) in [6, 6.07) is 44.9. The molecule has 212 valence electrons. The van der Waals surface area contributed by atoms with E-state index < -0.39 is 0 Å². The van der Waals surface area contributed by atoms with E-state index in [1.165, 1.54) is 5.56 Å². The Balaban J connectivity index is 1.12.